The first-order valence-corrected chi connectivity index (χ1v) is 9.56. The van der Waals surface area contributed by atoms with Crippen molar-refractivity contribution >= 4 is 34.2 Å². The smallest absolute Gasteiger partial charge is 0.336 e. The molecule has 6 nitrogen and oxygen atoms in total. The number of anilines is 1. The Kier molecular flexibility index (Phi) is 5.20. The molecule has 0 saturated heterocycles. The maximum Gasteiger partial charge on any atom is 0.336 e. The van der Waals surface area contributed by atoms with Gasteiger partial charge in [0.2, 0.25) is 0 Å². The van der Waals surface area contributed by atoms with Gasteiger partial charge in [-0.25, -0.2) is 4.79 Å². The number of carbonyl (C=O) groups is 2. The van der Waals surface area contributed by atoms with Crippen molar-refractivity contribution in [2.45, 2.75) is 0 Å². The predicted octanol–water partition coefficient (Wildman–Crippen LogP) is 4.74. The standard InChI is InChI=1S/C25H19N3O3/c26-23(27)16-9-12-17(13-10-16)28-24(29)21-8-4-3-7-19(21)20-14-11-15-5-1-2-6-18(15)22(20)25(30)31/h1-14H,(H3,26,27)(H,28,29)(H,30,31). The monoisotopic (exact) mass is 409 g/mol. The Bertz CT molecular complexity index is 1330. The Morgan fingerprint density at radius 1 is 0.806 bits per heavy atom. The first kappa shape index (κ1) is 19.8. The molecule has 0 radical (unpaired) electrons. The molecule has 0 fully saturated rings. The molecule has 0 saturated carbocycles. The van der Waals surface area contributed by atoms with Gasteiger partial charge in [0, 0.05) is 16.8 Å². The van der Waals surface area contributed by atoms with Gasteiger partial charge in [-0.05, 0) is 52.2 Å². The van der Waals surface area contributed by atoms with Gasteiger partial charge in [0.15, 0.2) is 0 Å². The number of amidine groups is 1. The SMILES string of the molecule is N=C(N)c1ccc(NC(=O)c2ccccc2-c2ccc3ccccc3c2C(=O)O)cc1. The molecule has 4 rings (SSSR count). The normalized spacial score (nSPS) is 10.6. The number of hydrogen-bond acceptors (Lipinski definition) is 3. The number of nitrogens with one attached hydrogen (secondary N) is 2. The van der Waals surface area contributed by atoms with Crippen molar-refractivity contribution in [3.05, 3.63) is 102 Å². The Hall–Kier alpha value is -4.45. The second-order valence-corrected chi connectivity index (χ2v) is 7.01. The van der Waals surface area contributed by atoms with Crippen LogP contribution in [-0.2, 0) is 0 Å². The molecule has 5 N–H and O–H groups in total. The minimum atomic E-state index is -1.05. The number of hydrogen-bond donors (Lipinski definition) is 4. The van der Waals surface area contributed by atoms with E-state index in [-0.39, 0.29) is 17.3 Å². The summed E-state index contributed by atoms with van der Waals surface area (Å²) in [5, 5.41) is 21.6. The van der Waals surface area contributed by atoms with Crippen molar-refractivity contribution in [3.8, 4) is 11.1 Å². The lowest BCUT2D eigenvalue weighted by molar-refractivity contribution is 0.0699. The maximum absolute atomic E-state index is 13.0. The molecule has 6 heteroatoms. The summed E-state index contributed by atoms with van der Waals surface area (Å²) in [7, 11) is 0. The van der Waals surface area contributed by atoms with Gasteiger partial charge in [0.05, 0.1) is 5.56 Å². The fourth-order valence-corrected chi connectivity index (χ4v) is 3.57. The molecule has 0 spiro atoms. The van der Waals surface area contributed by atoms with E-state index in [0.29, 0.717) is 33.3 Å². The molecule has 0 bridgehead atoms. The van der Waals surface area contributed by atoms with Gasteiger partial charge in [0.25, 0.3) is 5.91 Å². The quantitative estimate of drug-likeness (QED) is 0.281. The van der Waals surface area contributed by atoms with E-state index in [1.165, 1.54) is 0 Å². The highest BCUT2D eigenvalue weighted by Gasteiger charge is 2.20. The summed E-state index contributed by atoms with van der Waals surface area (Å²) in [6, 6.07) is 24.4. The van der Waals surface area contributed by atoms with E-state index in [4.69, 9.17) is 11.1 Å². The Morgan fingerprint density at radius 3 is 2.19 bits per heavy atom. The van der Waals surface area contributed by atoms with Crippen molar-refractivity contribution in [3.63, 3.8) is 0 Å². The van der Waals surface area contributed by atoms with Crippen LogP contribution in [0.5, 0.6) is 0 Å². The molecule has 0 aromatic heterocycles. The summed E-state index contributed by atoms with van der Waals surface area (Å²) in [5.74, 6) is -1.47. The molecule has 4 aromatic rings. The molecule has 0 atom stereocenters. The summed E-state index contributed by atoms with van der Waals surface area (Å²) < 4.78 is 0. The highest BCUT2D eigenvalue weighted by Crippen LogP contribution is 2.33. The summed E-state index contributed by atoms with van der Waals surface area (Å²) in [5.41, 5.74) is 8.09. The van der Waals surface area contributed by atoms with Crippen LogP contribution in [0.4, 0.5) is 5.69 Å². The van der Waals surface area contributed by atoms with E-state index in [2.05, 4.69) is 5.32 Å². The molecule has 0 aliphatic rings. The Morgan fingerprint density at radius 2 is 1.48 bits per heavy atom. The predicted molar refractivity (Wildman–Crippen MR) is 122 cm³/mol. The Balaban J connectivity index is 1.77. The third kappa shape index (κ3) is 3.86. The van der Waals surface area contributed by atoms with Crippen molar-refractivity contribution in [2.24, 2.45) is 5.73 Å². The number of aromatic carboxylic acids is 1. The average molecular weight is 409 g/mol. The summed E-state index contributed by atoms with van der Waals surface area (Å²) in [4.78, 5) is 25.2. The molecule has 0 aliphatic heterocycles. The van der Waals surface area contributed by atoms with E-state index in [9.17, 15) is 14.7 Å². The van der Waals surface area contributed by atoms with Gasteiger partial charge in [-0.3, -0.25) is 10.2 Å². The maximum atomic E-state index is 13.0. The van der Waals surface area contributed by atoms with Crippen LogP contribution < -0.4 is 11.1 Å². The zero-order valence-corrected chi connectivity index (χ0v) is 16.4. The second kappa shape index (κ2) is 8.12. The number of fused-ring (bicyclic) bond motifs is 1. The van der Waals surface area contributed by atoms with Gasteiger partial charge in [0.1, 0.15) is 5.84 Å². The van der Waals surface area contributed by atoms with Crippen molar-refractivity contribution in [2.75, 3.05) is 5.32 Å². The van der Waals surface area contributed by atoms with E-state index in [1.807, 2.05) is 18.2 Å². The van der Waals surface area contributed by atoms with E-state index < -0.39 is 5.97 Å². The number of benzene rings is 4. The second-order valence-electron chi connectivity index (χ2n) is 7.01. The zero-order valence-electron chi connectivity index (χ0n) is 16.4. The number of carboxylic acid groups (broad SMARTS) is 1. The van der Waals surface area contributed by atoms with Crippen LogP contribution >= 0.6 is 0 Å². The van der Waals surface area contributed by atoms with E-state index >= 15 is 0 Å². The molecule has 4 aromatic carbocycles. The topological polar surface area (TPSA) is 116 Å². The fourth-order valence-electron chi connectivity index (χ4n) is 3.57. The van der Waals surface area contributed by atoms with Crippen LogP contribution in [0.2, 0.25) is 0 Å². The number of rotatable bonds is 5. The minimum absolute atomic E-state index is 0.0549. The van der Waals surface area contributed by atoms with Crippen LogP contribution in [0.1, 0.15) is 26.3 Å². The zero-order chi connectivity index (χ0) is 22.0. The third-order valence-corrected chi connectivity index (χ3v) is 5.06. The number of amides is 1. The molecular weight excluding hydrogens is 390 g/mol. The van der Waals surface area contributed by atoms with Crippen molar-refractivity contribution in [1.82, 2.24) is 0 Å². The van der Waals surface area contributed by atoms with Gasteiger partial charge in [-0.1, -0.05) is 54.6 Å². The first-order valence-electron chi connectivity index (χ1n) is 9.56. The summed E-state index contributed by atoms with van der Waals surface area (Å²) in [6.07, 6.45) is 0. The summed E-state index contributed by atoms with van der Waals surface area (Å²) >= 11 is 0. The fraction of sp³-hybridized carbons (Fsp3) is 0. The van der Waals surface area contributed by atoms with Gasteiger partial charge in [-0.2, -0.15) is 0 Å². The van der Waals surface area contributed by atoms with E-state index in [0.717, 1.165) is 5.39 Å². The number of nitrogen functional groups attached to an aromatic ring is 1. The van der Waals surface area contributed by atoms with Crippen LogP contribution in [-0.4, -0.2) is 22.8 Å². The lowest BCUT2D eigenvalue weighted by atomic mass is 9.91. The molecule has 0 unspecified atom stereocenters. The highest BCUT2D eigenvalue weighted by molar-refractivity contribution is 6.14. The highest BCUT2D eigenvalue weighted by atomic mass is 16.4. The van der Waals surface area contributed by atoms with Gasteiger partial charge in [-0.15, -0.1) is 0 Å². The minimum Gasteiger partial charge on any atom is -0.478 e. The third-order valence-electron chi connectivity index (χ3n) is 5.06. The average Bonchev–Trinajstić information content (AvgIpc) is 2.78. The Labute approximate surface area is 178 Å². The van der Waals surface area contributed by atoms with Gasteiger partial charge < -0.3 is 16.2 Å². The largest absolute Gasteiger partial charge is 0.478 e. The van der Waals surface area contributed by atoms with Crippen LogP contribution in [0, 0.1) is 5.41 Å². The molecule has 0 aliphatic carbocycles. The molecule has 31 heavy (non-hydrogen) atoms. The van der Waals surface area contributed by atoms with Crippen LogP contribution in [0.25, 0.3) is 21.9 Å². The van der Waals surface area contributed by atoms with Crippen LogP contribution in [0.15, 0.2) is 84.9 Å². The number of carboxylic acids is 1. The summed E-state index contributed by atoms with van der Waals surface area (Å²) in [6.45, 7) is 0. The van der Waals surface area contributed by atoms with Crippen LogP contribution in [0.3, 0.4) is 0 Å². The molecule has 152 valence electrons. The first-order chi connectivity index (χ1) is 15.0. The molecule has 1 amide bonds. The number of nitrogens with two attached hydrogens (primary N) is 1. The lowest BCUT2D eigenvalue weighted by Gasteiger charge is -2.14. The van der Waals surface area contributed by atoms with Crippen molar-refractivity contribution in [1.29, 1.82) is 5.41 Å². The van der Waals surface area contributed by atoms with Crippen molar-refractivity contribution < 1.29 is 14.7 Å². The lowest BCUT2D eigenvalue weighted by Crippen LogP contribution is -2.14. The van der Waals surface area contributed by atoms with E-state index in [1.54, 1.807) is 66.7 Å². The molecular formula is C25H19N3O3. The number of carbonyl (C=O) groups excluding carboxylic acids is 1. The van der Waals surface area contributed by atoms with Gasteiger partial charge >= 0.3 is 5.97 Å². The molecule has 0 heterocycles.